The largest absolute Gasteiger partial charge is 3.00 e. The van der Waals surface area contributed by atoms with Crippen LogP contribution in [0.5, 0.6) is 0 Å². The van der Waals surface area contributed by atoms with Crippen LogP contribution in [0.15, 0.2) is 17.7 Å². The fourth-order valence-electron chi connectivity index (χ4n) is 1.72. The van der Waals surface area contributed by atoms with Gasteiger partial charge in [-0.25, -0.2) is 11.6 Å². The summed E-state index contributed by atoms with van der Waals surface area (Å²) < 4.78 is 0. The molecular weight excluding hydrogens is 318 g/mol. The summed E-state index contributed by atoms with van der Waals surface area (Å²) in [6.45, 7) is 2.27. The maximum absolute atomic E-state index is 3.36. The Morgan fingerprint density at radius 3 is 2.25 bits per heavy atom. The maximum atomic E-state index is 3.36. The molecule has 0 aliphatic heterocycles. The average molecular weight is 339 g/mol. The SMILES string of the molecule is CCCCCCCCC1=[C-]CC=C1.[Cl-].[Cl-].[Zr+3]. The Bertz CT molecular complexity index is 188. The molecule has 0 aromatic heterocycles. The number of hydrogen-bond acceptors (Lipinski definition) is 0. The molecule has 0 bridgehead atoms. The molecule has 0 aromatic carbocycles. The van der Waals surface area contributed by atoms with E-state index in [9.17, 15) is 0 Å². The minimum atomic E-state index is 0. The Balaban J connectivity index is -0.000000563. The van der Waals surface area contributed by atoms with Crippen LogP contribution in [0.25, 0.3) is 0 Å². The summed E-state index contributed by atoms with van der Waals surface area (Å²) in [4.78, 5) is 0. The van der Waals surface area contributed by atoms with Crippen LogP contribution in [0.2, 0.25) is 0 Å². The number of allylic oxidation sites excluding steroid dienone is 4. The molecule has 91 valence electrons. The van der Waals surface area contributed by atoms with Crippen molar-refractivity contribution < 1.29 is 51.0 Å². The second-order valence-electron chi connectivity index (χ2n) is 3.83. The van der Waals surface area contributed by atoms with Gasteiger partial charge in [0.2, 0.25) is 0 Å². The van der Waals surface area contributed by atoms with E-state index >= 15 is 0 Å². The molecule has 0 fully saturated rings. The Hall–Kier alpha value is 0.943. The molecule has 0 saturated carbocycles. The van der Waals surface area contributed by atoms with Gasteiger partial charge in [0, 0.05) is 0 Å². The zero-order valence-corrected chi connectivity index (χ0v) is 14.0. The van der Waals surface area contributed by atoms with E-state index < -0.39 is 0 Å². The molecule has 0 saturated heterocycles. The van der Waals surface area contributed by atoms with Crippen molar-refractivity contribution in [3.05, 3.63) is 23.8 Å². The van der Waals surface area contributed by atoms with E-state index in [0.717, 1.165) is 6.42 Å². The molecular formula is C13H21Cl2Zr. The summed E-state index contributed by atoms with van der Waals surface area (Å²) in [7, 11) is 0. The van der Waals surface area contributed by atoms with Crippen molar-refractivity contribution >= 4 is 0 Å². The van der Waals surface area contributed by atoms with Crippen molar-refractivity contribution in [1.82, 2.24) is 0 Å². The van der Waals surface area contributed by atoms with Gasteiger partial charge in [-0.1, -0.05) is 51.9 Å². The first-order valence-electron chi connectivity index (χ1n) is 5.69. The van der Waals surface area contributed by atoms with E-state index in [0.29, 0.717) is 0 Å². The molecule has 1 aliphatic rings. The van der Waals surface area contributed by atoms with Crippen LogP contribution in [0.3, 0.4) is 0 Å². The van der Waals surface area contributed by atoms with Gasteiger partial charge in [0.05, 0.1) is 0 Å². The molecule has 1 rings (SSSR count). The second-order valence-corrected chi connectivity index (χ2v) is 3.83. The van der Waals surface area contributed by atoms with Crippen LogP contribution in [0.4, 0.5) is 0 Å². The first kappa shape index (κ1) is 22.2. The standard InChI is InChI=1S/C13H21.2ClH.Zr/c1-2-3-4-5-6-7-10-13-11-8-9-12-13;;;/h8,11H,2-7,9-10H2,1H3;2*1H;/q-1;;;+3/p-2. The molecule has 0 aromatic rings. The fraction of sp³-hybridized carbons (Fsp3) is 0.692. The summed E-state index contributed by atoms with van der Waals surface area (Å²) >= 11 is 0. The molecule has 3 heteroatoms. The third-order valence-electron chi connectivity index (χ3n) is 2.57. The smallest absolute Gasteiger partial charge is 1.00 e. The third kappa shape index (κ3) is 11.4. The van der Waals surface area contributed by atoms with Crippen LogP contribution in [0.1, 0.15) is 58.3 Å². The quantitative estimate of drug-likeness (QED) is 0.389. The first-order chi connectivity index (χ1) is 6.43. The monoisotopic (exact) mass is 337 g/mol. The van der Waals surface area contributed by atoms with Crippen molar-refractivity contribution in [2.75, 3.05) is 0 Å². The zero-order valence-electron chi connectivity index (χ0n) is 10.1. The average Bonchev–Trinajstić information content (AvgIpc) is 2.63. The van der Waals surface area contributed by atoms with Gasteiger partial charge >= 0.3 is 26.2 Å². The van der Waals surface area contributed by atoms with Crippen molar-refractivity contribution in [1.29, 1.82) is 0 Å². The van der Waals surface area contributed by atoms with E-state index in [-0.39, 0.29) is 51.0 Å². The van der Waals surface area contributed by atoms with Gasteiger partial charge in [0.15, 0.2) is 0 Å². The van der Waals surface area contributed by atoms with E-state index in [4.69, 9.17) is 0 Å². The molecule has 0 unspecified atom stereocenters. The second kappa shape index (κ2) is 15.9. The van der Waals surface area contributed by atoms with Gasteiger partial charge in [-0.3, -0.25) is 6.08 Å². The number of halogens is 2. The summed E-state index contributed by atoms with van der Waals surface area (Å²) in [5.41, 5.74) is 1.44. The van der Waals surface area contributed by atoms with Gasteiger partial charge in [-0.05, 0) is 0 Å². The molecule has 0 nitrogen and oxygen atoms in total. The summed E-state index contributed by atoms with van der Waals surface area (Å²) in [5.74, 6) is 0. The molecule has 0 spiro atoms. The van der Waals surface area contributed by atoms with E-state index in [1.165, 1.54) is 50.5 Å². The van der Waals surface area contributed by atoms with Crippen LogP contribution in [-0.4, -0.2) is 0 Å². The molecule has 1 aliphatic carbocycles. The van der Waals surface area contributed by atoms with Crippen LogP contribution in [0, 0.1) is 6.08 Å². The first-order valence-corrected chi connectivity index (χ1v) is 5.69. The van der Waals surface area contributed by atoms with Crippen molar-refractivity contribution in [3.63, 3.8) is 0 Å². The zero-order chi connectivity index (χ0) is 9.36. The van der Waals surface area contributed by atoms with Crippen molar-refractivity contribution in [2.45, 2.75) is 58.3 Å². The topological polar surface area (TPSA) is 0 Å². The van der Waals surface area contributed by atoms with Gasteiger partial charge < -0.3 is 24.8 Å². The normalized spacial score (nSPS) is 12.2. The third-order valence-corrected chi connectivity index (χ3v) is 2.57. The minimum absolute atomic E-state index is 0. The number of unbranched alkanes of at least 4 members (excludes halogenated alkanes) is 5. The summed E-state index contributed by atoms with van der Waals surface area (Å²) in [6.07, 6.45) is 18.5. The molecule has 0 atom stereocenters. The van der Waals surface area contributed by atoms with E-state index in [2.05, 4.69) is 25.2 Å². The molecule has 0 amide bonds. The van der Waals surface area contributed by atoms with E-state index in [1.54, 1.807) is 0 Å². The van der Waals surface area contributed by atoms with Crippen molar-refractivity contribution in [2.24, 2.45) is 0 Å². The minimum Gasteiger partial charge on any atom is -1.00 e. The molecule has 0 N–H and O–H groups in total. The number of hydrogen-bond donors (Lipinski definition) is 0. The number of rotatable bonds is 7. The Labute approximate surface area is 132 Å². The predicted molar refractivity (Wildman–Crippen MR) is 58.5 cm³/mol. The molecule has 1 radical (unpaired) electrons. The predicted octanol–water partition coefficient (Wildman–Crippen LogP) is -1.57. The molecule has 16 heavy (non-hydrogen) atoms. The van der Waals surface area contributed by atoms with Gasteiger partial charge in [0.25, 0.3) is 0 Å². The van der Waals surface area contributed by atoms with Crippen LogP contribution < -0.4 is 24.8 Å². The maximum Gasteiger partial charge on any atom is 3.00 e. The summed E-state index contributed by atoms with van der Waals surface area (Å²) in [6, 6.07) is 0. The summed E-state index contributed by atoms with van der Waals surface area (Å²) in [5, 5.41) is 0. The van der Waals surface area contributed by atoms with Crippen LogP contribution in [-0.2, 0) is 26.2 Å². The van der Waals surface area contributed by atoms with Crippen molar-refractivity contribution in [3.8, 4) is 0 Å². The Morgan fingerprint density at radius 2 is 1.69 bits per heavy atom. The van der Waals surface area contributed by atoms with E-state index in [1.807, 2.05) is 0 Å². The molecule has 0 heterocycles. The van der Waals surface area contributed by atoms with Gasteiger partial charge in [-0.15, -0.1) is 6.42 Å². The Kier molecular flexibility index (Phi) is 22.1. The van der Waals surface area contributed by atoms with Gasteiger partial charge in [-0.2, -0.15) is 6.08 Å². The Morgan fingerprint density at radius 1 is 1.06 bits per heavy atom. The van der Waals surface area contributed by atoms with Crippen LogP contribution >= 0.6 is 0 Å². The van der Waals surface area contributed by atoms with Gasteiger partial charge in [0.1, 0.15) is 0 Å². The fourth-order valence-corrected chi connectivity index (χ4v) is 1.72.